The summed E-state index contributed by atoms with van der Waals surface area (Å²) in [5.74, 6) is 0.778. The maximum atomic E-state index is 11.7. The molecule has 1 N–H and O–H groups in total. The van der Waals surface area contributed by atoms with Gasteiger partial charge in [0.15, 0.2) is 0 Å². The SMILES string of the molecule is Cn1cc(CCCNC(=O)CCOc2cccc(Br)c2)cn1. The van der Waals surface area contributed by atoms with E-state index < -0.39 is 0 Å². The van der Waals surface area contributed by atoms with E-state index >= 15 is 0 Å². The molecule has 1 heterocycles. The van der Waals surface area contributed by atoms with E-state index in [0.717, 1.165) is 23.1 Å². The highest BCUT2D eigenvalue weighted by Crippen LogP contribution is 2.17. The van der Waals surface area contributed by atoms with Gasteiger partial charge in [-0.1, -0.05) is 22.0 Å². The molecular weight excluding hydrogens is 346 g/mol. The van der Waals surface area contributed by atoms with Crippen LogP contribution in [0.15, 0.2) is 41.1 Å². The molecule has 0 saturated carbocycles. The number of benzene rings is 1. The van der Waals surface area contributed by atoms with Crippen molar-refractivity contribution in [2.45, 2.75) is 19.3 Å². The van der Waals surface area contributed by atoms with Crippen LogP contribution < -0.4 is 10.1 Å². The van der Waals surface area contributed by atoms with E-state index in [1.807, 2.05) is 43.7 Å². The molecule has 0 atom stereocenters. The molecule has 2 rings (SSSR count). The molecule has 118 valence electrons. The molecular formula is C16H20BrN3O2. The summed E-state index contributed by atoms with van der Waals surface area (Å²) in [4.78, 5) is 11.7. The monoisotopic (exact) mass is 365 g/mol. The van der Waals surface area contributed by atoms with Crippen LogP contribution in [-0.4, -0.2) is 28.8 Å². The highest BCUT2D eigenvalue weighted by atomic mass is 79.9. The zero-order valence-corrected chi connectivity index (χ0v) is 14.2. The Morgan fingerprint density at radius 2 is 2.32 bits per heavy atom. The highest BCUT2D eigenvalue weighted by molar-refractivity contribution is 9.10. The average Bonchev–Trinajstić information content (AvgIpc) is 2.89. The fourth-order valence-electron chi connectivity index (χ4n) is 2.03. The zero-order chi connectivity index (χ0) is 15.8. The van der Waals surface area contributed by atoms with Crippen LogP contribution in [0.5, 0.6) is 5.75 Å². The fraction of sp³-hybridized carbons (Fsp3) is 0.375. The number of hydrogen-bond acceptors (Lipinski definition) is 3. The van der Waals surface area contributed by atoms with Gasteiger partial charge in [-0.05, 0) is 36.6 Å². The minimum absolute atomic E-state index is 0.0150. The van der Waals surface area contributed by atoms with Crippen molar-refractivity contribution < 1.29 is 9.53 Å². The summed E-state index contributed by atoms with van der Waals surface area (Å²) in [7, 11) is 1.90. The number of nitrogens with zero attached hydrogens (tertiary/aromatic N) is 2. The van der Waals surface area contributed by atoms with Crippen molar-refractivity contribution in [3.8, 4) is 5.75 Å². The van der Waals surface area contributed by atoms with E-state index in [-0.39, 0.29) is 5.91 Å². The number of carbonyl (C=O) groups is 1. The topological polar surface area (TPSA) is 56.2 Å². The number of carbonyl (C=O) groups excluding carboxylic acids is 1. The molecule has 1 aromatic heterocycles. The molecule has 0 unspecified atom stereocenters. The first-order chi connectivity index (χ1) is 10.6. The molecule has 6 heteroatoms. The van der Waals surface area contributed by atoms with Crippen molar-refractivity contribution in [1.82, 2.24) is 15.1 Å². The van der Waals surface area contributed by atoms with Crippen molar-refractivity contribution >= 4 is 21.8 Å². The quantitative estimate of drug-likeness (QED) is 0.731. The largest absolute Gasteiger partial charge is 0.493 e. The third-order valence-electron chi connectivity index (χ3n) is 3.12. The number of ether oxygens (including phenoxy) is 1. The van der Waals surface area contributed by atoms with E-state index in [9.17, 15) is 4.79 Å². The number of halogens is 1. The number of rotatable bonds is 8. The summed E-state index contributed by atoms with van der Waals surface area (Å²) in [5, 5.41) is 7.02. The Morgan fingerprint density at radius 1 is 1.45 bits per heavy atom. The Morgan fingerprint density at radius 3 is 3.05 bits per heavy atom. The normalized spacial score (nSPS) is 10.5. The van der Waals surface area contributed by atoms with Gasteiger partial charge in [-0.3, -0.25) is 9.48 Å². The molecule has 0 bridgehead atoms. The molecule has 0 radical (unpaired) electrons. The van der Waals surface area contributed by atoms with Crippen LogP contribution >= 0.6 is 15.9 Å². The lowest BCUT2D eigenvalue weighted by atomic mass is 10.2. The Kier molecular flexibility index (Phi) is 6.45. The van der Waals surface area contributed by atoms with Gasteiger partial charge >= 0.3 is 0 Å². The van der Waals surface area contributed by atoms with Gasteiger partial charge in [-0.2, -0.15) is 5.10 Å². The first kappa shape index (κ1) is 16.5. The maximum Gasteiger partial charge on any atom is 0.223 e. The molecule has 0 saturated heterocycles. The second-order valence-corrected chi connectivity index (χ2v) is 5.95. The summed E-state index contributed by atoms with van der Waals surface area (Å²) >= 11 is 3.38. The smallest absolute Gasteiger partial charge is 0.223 e. The summed E-state index contributed by atoms with van der Waals surface area (Å²) < 4.78 is 8.28. The van der Waals surface area contributed by atoms with Crippen molar-refractivity contribution in [3.63, 3.8) is 0 Å². The van der Waals surface area contributed by atoms with E-state index in [1.54, 1.807) is 4.68 Å². The van der Waals surface area contributed by atoms with Gasteiger partial charge in [0.05, 0.1) is 19.2 Å². The Balaban J connectivity index is 1.56. The van der Waals surface area contributed by atoms with Crippen molar-refractivity contribution in [2.75, 3.05) is 13.2 Å². The number of nitrogens with one attached hydrogen (secondary N) is 1. The molecule has 0 aliphatic carbocycles. The Hall–Kier alpha value is -1.82. The molecule has 1 amide bonds. The maximum absolute atomic E-state index is 11.7. The molecule has 5 nitrogen and oxygen atoms in total. The molecule has 2 aromatic rings. The van der Waals surface area contributed by atoms with E-state index in [0.29, 0.717) is 19.6 Å². The van der Waals surface area contributed by atoms with E-state index in [4.69, 9.17) is 4.74 Å². The number of aromatic nitrogens is 2. The summed E-state index contributed by atoms with van der Waals surface area (Å²) in [6, 6.07) is 7.59. The molecule has 0 spiro atoms. The van der Waals surface area contributed by atoms with Crippen LogP contribution in [0.1, 0.15) is 18.4 Å². The molecule has 22 heavy (non-hydrogen) atoms. The van der Waals surface area contributed by atoms with E-state index in [2.05, 4.69) is 26.3 Å². The van der Waals surface area contributed by atoms with Crippen molar-refractivity contribution in [2.24, 2.45) is 7.05 Å². The van der Waals surface area contributed by atoms with Gasteiger partial charge in [-0.15, -0.1) is 0 Å². The van der Waals surface area contributed by atoms with Gasteiger partial charge in [0.25, 0.3) is 0 Å². The number of aryl methyl sites for hydroxylation is 2. The summed E-state index contributed by atoms with van der Waals surface area (Å²) in [6.45, 7) is 1.05. The minimum atomic E-state index is 0.0150. The van der Waals surface area contributed by atoms with Gasteiger partial charge in [0.1, 0.15) is 5.75 Å². The van der Waals surface area contributed by atoms with Crippen LogP contribution in [0.2, 0.25) is 0 Å². The number of amides is 1. The molecule has 1 aromatic carbocycles. The Labute approximate surface area is 138 Å². The van der Waals surface area contributed by atoms with Gasteiger partial charge in [0.2, 0.25) is 5.91 Å². The highest BCUT2D eigenvalue weighted by Gasteiger charge is 2.02. The second-order valence-electron chi connectivity index (χ2n) is 5.03. The number of hydrogen-bond donors (Lipinski definition) is 1. The minimum Gasteiger partial charge on any atom is -0.493 e. The predicted octanol–water partition coefficient (Wildman–Crippen LogP) is 2.70. The third-order valence-corrected chi connectivity index (χ3v) is 3.61. The Bertz CT molecular complexity index is 613. The first-order valence-electron chi connectivity index (χ1n) is 7.26. The summed E-state index contributed by atoms with van der Waals surface area (Å²) in [6.07, 6.45) is 6.04. The second kappa shape index (κ2) is 8.58. The lowest BCUT2D eigenvalue weighted by molar-refractivity contribution is -0.121. The van der Waals surface area contributed by atoms with Gasteiger partial charge in [0, 0.05) is 24.3 Å². The lowest BCUT2D eigenvalue weighted by Gasteiger charge is -2.07. The van der Waals surface area contributed by atoms with Gasteiger partial charge < -0.3 is 10.1 Å². The summed E-state index contributed by atoms with van der Waals surface area (Å²) in [5.41, 5.74) is 1.19. The van der Waals surface area contributed by atoms with E-state index in [1.165, 1.54) is 5.56 Å². The predicted molar refractivity (Wildman–Crippen MR) is 88.8 cm³/mol. The third kappa shape index (κ3) is 5.89. The van der Waals surface area contributed by atoms with Crippen LogP contribution in [0, 0.1) is 0 Å². The lowest BCUT2D eigenvalue weighted by Crippen LogP contribution is -2.26. The zero-order valence-electron chi connectivity index (χ0n) is 12.6. The first-order valence-corrected chi connectivity index (χ1v) is 8.05. The standard InChI is InChI=1S/C16H20BrN3O2/c1-20-12-13(11-19-20)4-3-8-18-16(21)7-9-22-15-6-2-5-14(17)10-15/h2,5-6,10-12H,3-4,7-9H2,1H3,(H,18,21). The van der Waals surface area contributed by atoms with Crippen molar-refractivity contribution in [1.29, 1.82) is 0 Å². The molecule has 0 aliphatic rings. The van der Waals surface area contributed by atoms with Crippen LogP contribution in [-0.2, 0) is 18.3 Å². The van der Waals surface area contributed by atoms with Gasteiger partial charge in [-0.25, -0.2) is 0 Å². The van der Waals surface area contributed by atoms with Crippen molar-refractivity contribution in [3.05, 3.63) is 46.7 Å². The van der Waals surface area contributed by atoms with Crippen LogP contribution in [0.4, 0.5) is 0 Å². The van der Waals surface area contributed by atoms with Crippen LogP contribution in [0.25, 0.3) is 0 Å². The molecule has 0 aliphatic heterocycles. The fourth-order valence-corrected chi connectivity index (χ4v) is 2.41. The average molecular weight is 366 g/mol. The molecule has 0 fully saturated rings. The van der Waals surface area contributed by atoms with Crippen LogP contribution in [0.3, 0.4) is 0 Å².